The predicted octanol–water partition coefficient (Wildman–Crippen LogP) is 4.97. The highest BCUT2D eigenvalue weighted by Gasteiger charge is 2.15. The van der Waals surface area contributed by atoms with E-state index < -0.39 is 0 Å². The van der Waals surface area contributed by atoms with E-state index >= 15 is 0 Å². The van der Waals surface area contributed by atoms with Crippen LogP contribution in [0.5, 0.6) is 0 Å². The van der Waals surface area contributed by atoms with Crippen LogP contribution in [0, 0.1) is 0 Å². The predicted molar refractivity (Wildman–Crippen MR) is 125 cm³/mol. The molecular weight excluding hydrogens is 455 g/mol. The van der Waals surface area contributed by atoms with E-state index in [9.17, 15) is 9.59 Å². The van der Waals surface area contributed by atoms with Crippen molar-refractivity contribution < 1.29 is 9.59 Å². The number of aromatic nitrogens is 2. The van der Waals surface area contributed by atoms with Gasteiger partial charge in [0.1, 0.15) is 10.6 Å². The number of benzene rings is 2. The summed E-state index contributed by atoms with van der Waals surface area (Å²) in [6.45, 7) is 0.434. The molecule has 0 saturated carbocycles. The maximum atomic E-state index is 12.4. The quantitative estimate of drug-likeness (QED) is 0.354. The number of nitrogens with one attached hydrogen (secondary N) is 3. The lowest BCUT2D eigenvalue weighted by atomic mass is 10.1. The fourth-order valence-corrected chi connectivity index (χ4v) is 4.41. The van der Waals surface area contributed by atoms with Crippen LogP contribution >= 0.6 is 34.5 Å². The lowest BCUT2D eigenvalue weighted by molar-refractivity contribution is -0.120. The molecule has 2 heterocycles. The minimum absolute atomic E-state index is 0.0885. The van der Waals surface area contributed by atoms with Crippen molar-refractivity contribution in [2.24, 2.45) is 0 Å². The molecule has 4 aromatic rings. The Morgan fingerprint density at radius 2 is 1.74 bits per heavy atom. The van der Waals surface area contributed by atoms with Crippen LogP contribution in [0.2, 0.25) is 10.0 Å². The summed E-state index contributed by atoms with van der Waals surface area (Å²) in [4.78, 5) is 26.3. The van der Waals surface area contributed by atoms with Crippen LogP contribution in [0.25, 0.3) is 10.2 Å². The van der Waals surface area contributed by atoms with Gasteiger partial charge in [0.25, 0.3) is 0 Å². The Morgan fingerprint density at radius 3 is 2.52 bits per heavy atom. The Labute approximate surface area is 192 Å². The average Bonchev–Trinajstić information content (AvgIpc) is 3.28. The Kier molecular flexibility index (Phi) is 6.56. The van der Waals surface area contributed by atoms with Gasteiger partial charge in [-0.15, -0.1) is 11.3 Å². The second-order valence-corrected chi connectivity index (χ2v) is 8.95. The number of thiophene rings is 1. The summed E-state index contributed by atoms with van der Waals surface area (Å²) in [6.07, 6.45) is 0.440. The number of amides is 2. The van der Waals surface area contributed by atoms with Crippen molar-refractivity contribution in [2.75, 3.05) is 5.32 Å². The lowest BCUT2D eigenvalue weighted by Crippen LogP contribution is -2.24. The van der Waals surface area contributed by atoms with Crippen molar-refractivity contribution in [2.45, 2.75) is 19.4 Å². The third-order valence-electron chi connectivity index (χ3n) is 4.56. The molecule has 0 atom stereocenters. The van der Waals surface area contributed by atoms with Gasteiger partial charge in [-0.05, 0) is 41.5 Å². The van der Waals surface area contributed by atoms with Gasteiger partial charge in [0.2, 0.25) is 11.8 Å². The van der Waals surface area contributed by atoms with E-state index in [2.05, 4.69) is 20.8 Å². The second-order valence-electron chi connectivity index (χ2n) is 6.96. The summed E-state index contributed by atoms with van der Waals surface area (Å²) >= 11 is 13.3. The second kappa shape index (κ2) is 9.51. The van der Waals surface area contributed by atoms with Crippen molar-refractivity contribution in [3.05, 3.63) is 80.6 Å². The minimum Gasteiger partial charge on any atom is -0.352 e. The lowest BCUT2D eigenvalue weighted by Gasteiger charge is -2.05. The van der Waals surface area contributed by atoms with Gasteiger partial charge in [-0.1, -0.05) is 47.5 Å². The number of carbonyl (C=O) groups is 2. The van der Waals surface area contributed by atoms with Gasteiger partial charge >= 0.3 is 0 Å². The summed E-state index contributed by atoms with van der Waals surface area (Å²) in [7, 11) is 0. The number of fused-ring (bicyclic) bond motifs is 1. The molecule has 0 radical (unpaired) electrons. The van der Waals surface area contributed by atoms with Crippen LogP contribution in [-0.2, 0) is 29.0 Å². The number of carbonyl (C=O) groups excluding carboxylic acids is 2. The zero-order valence-corrected chi connectivity index (χ0v) is 18.6. The Balaban J connectivity index is 1.36. The first-order chi connectivity index (χ1) is 15.0. The molecule has 0 unspecified atom stereocenters. The van der Waals surface area contributed by atoms with Crippen LogP contribution in [0.3, 0.4) is 0 Å². The standard InChI is InChI=1S/C22H18Cl2N4O2S/c23-15-6-4-13(5-7-15)12-25-19(29)11-17-10-18-21(27-28-22(18)31-17)26-20(30)9-14-2-1-3-16(24)8-14/h1-8,10H,9,11-12H2,(H,25,29)(H2,26,27,28,30). The molecular formula is C22H18Cl2N4O2S. The third kappa shape index (κ3) is 5.64. The maximum absolute atomic E-state index is 12.4. The van der Waals surface area contributed by atoms with Crippen LogP contribution in [0.4, 0.5) is 5.82 Å². The van der Waals surface area contributed by atoms with Crippen molar-refractivity contribution >= 4 is 62.4 Å². The first-order valence-electron chi connectivity index (χ1n) is 9.48. The van der Waals surface area contributed by atoms with Gasteiger partial charge in [-0.3, -0.25) is 14.7 Å². The first kappa shape index (κ1) is 21.4. The molecule has 0 aliphatic heterocycles. The zero-order chi connectivity index (χ0) is 21.8. The van der Waals surface area contributed by atoms with E-state index in [-0.39, 0.29) is 24.7 Å². The molecule has 2 aromatic carbocycles. The van der Waals surface area contributed by atoms with E-state index in [0.717, 1.165) is 26.2 Å². The Bertz CT molecular complexity index is 1230. The summed E-state index contributed by atoms with van der Waals surface area (Å²) in [6, 6.07) is 16.4. The number of anilines is 1. The topological polar surface area (TPSA) is 86.9 Å². The monoisotopic (exact) mass is 472 g/mol. The summed E-state index contributed by atoms with van der Waals surface area (Å²) in [5.74, 6) is 0.252. The molecule has 9 heteroatoms. The Morgan fingerprint density at radius 1 is 0.935 bits per heavy atom. The number of halogens is 2. The largest absolute Gasteiger partial charge is 0.352 e. The minimum atomic E-state index is -0.179. The van der Waals surface area contributed by atoms with Crippen molar-refractivity contribution in [3.63, 3.8) is 0 Å². The fourth-order valence-electron chi connectivity index (χ4n) is 3.08. The SMILES string of the molecule is O=C(Cc1cc2c(NC(=O)Cc3cccc(Cl)c3)[nH]nc2s1)NCc1ccc(Cl)cc1. The molecule has 0 saturated heterocycles. The number of aromatic amines is 1. The molecule has 0 bridgehead atoms. The average molecular weight is 473 g/mol. The van der Waals surface area contributed by atoms with Crippen LogP contribution < -0.4 is 10.6 Å². The molecule has 0 spiro atoms. The molecule has 4 rings (SSSR count). The van der Waals surface area contributed by atoms with Gasteiger partial charge in [0, 0.05) is 21.5 Å². The highest BCUT2D eigenvalue weighted by Crippen LogP contribution is 2.29. The summed E-state index contributed by atoms with van der Waals surface area (Å²) in [5, 5.41) is 14.9. The number of rotatable bonds is 7. The molecule has 158 valence electrons. The van der Waals surface area contributed by atoms with Gasteiger partial charge in [-0.25, -0.2) is 0 Å². The summed E-state index contributed by atoms with van der Waals surface area (Å²) in [5.41, 5.74) is 1.80. The molecule has 0 aliphatic carbocycles. The molecule has 0 aliphatic rings. The maximum Gasteiger partial charge on any atom is 0.229 e. The molecule has 0 fully saturated rings. The van der Waals surface area contributed by atoms with Crippen molar-refractivity contribution in [1.82, 2.24) is 15.5 Å². The number of hydrogen-bond acceptors (Lipinski definition) is 4. The van der Waals surface area contributed by atoms with E-state index in [1.54, 1.807) is 24.3 Å². The van der Waals surface area contributed by atoms with E-state index in [1.165, 1.54) is 11.3 Å². The van der Waals surface area contributed by atoms with Crippen LogP contribution in [-0.4, -0.2) is 22.0 Å². The molecule has 2 aromatic heterocycles. The first-order valence-corrected chi connectivity index (χ1v) is 11.1. The highest BCUT2D eigenvalue weighted by molar-refractivity contribution is 7.18. The van der Waals surface area contributed by atoms with Crippen LogP contribution in [0.15, 0.2) is 54.6 Å². The fraction of sp³-hybridized carbons (Fsp3) is 0.136. The van der Waals surface area contributed by atoms with E-state index in [0.29, 0.717) is 22.4 Å². The van der Waals surface area contributed by atoms with Gasteiger partial charge in [-0.2, -0.15) is 5.10 Å². The van der Waals surface area contributed by atoms with Crippen LogP contribution in [0.1, 0.15) is 16.0 Å². The smallest absolute Gasteiger partial charge is 0.229 e. The molecule has 3 N–H and O–H groups in total. The molecule has 2 amide bonds. The van der Waals surface area contributed by atoms with Crippen molar-refractivity contribution in [1.29, 1.82) is 0 Å². The van der Waals surface area contributed by atoms with Gasteiger partial charge < -0.3 is 10.6 Å². The normalized spacial score (nSPS) is 10.9. The van der Waals surface area contributed by atoms with Crippen molar-refractivity contribution in [3.8, 4) is 0 Å². The van der Waals surface area contributed by atoms with E-state index in [4.69, 9.17) is 23.2 Å². The number of hydrogen-bond donors (Lipinski definition) is 3. The zero-order valence-electron chi connectivity index (χ0n) is 16.2. The third-order valence-corrected chi connectivity index (χ3v) is 6.07. The van der Waals surface area contributed by atoms with Gasteiger partial charge in [0.05, 0.1) is 18.2 Å². The summed E-state index contributed by atoms with van der Waals surface area (Å²) < 4.78 is 0. The molecule has 6 nitrogen and oxygen atoms in total. The number of H-pyrrole nitrogens is 1. The highest BCUT2D eigenvalue weighted by atomic mass is 35.5. The Hall–Kier alpha value is -2.87. The number of nitrogens with zero attached hydrogens (tertiary/aromatic N) is 1. The van der Waals surface area contributed by atoms with E-state index in [1.807, 2.05) is 30.3 Å². The molecule has 31 heavy (non-hydrogen) atoms. The van der Waals surface area contributed by atoms with Gasteiger partial charge in [0.15, 0.2) is 0 Å².